The van der Waals surface area contributed by atoms with Gasteiger partial charge in [0.05, 0.1) is 12.6 Å². The third-order valence-corrected chi connectivity index (χ3v) is 5.29. The third-order valence-electron chi connectivity index (χ3n) is 5.29. The molecule has 29 heavy (non-hydrogen) atoms. The molecule has 2 aromatic rings. The fourth-order valence-electron chi connectivity index (χ4n) is 3.14. The van der Waals surface area contributed by atoms with Crippen molar-refractivity contribution in [1.82, 2.24) is 10.2 Å². The Morgan fingerprint density at radius 1 is 0.966 bits per heavy atom. The van der Waals surface area contributed by atoms with Crippen LogP contribution in [0, 0.1) is 13.8 Å². The summed E-state index contributed by atoms with van der Waals surface area (Å²) in [6.45, 7) is 10.7. The molecule has 2 aromatic carbocycles. The van der Waals surface area contributed by atoms with Gasteiger partial charge < -0.3 is 10.6 Å². The molecular formula is C24H33N3O2. The van der Waals surface area contributed by atoms with Crippen molar-refractivity contribution in [1.29, 1.82) is 0 Å². The van der Waals surface area contributed by atoms with Crippen LogP contribution in [-0.4, -0.2) is 36.3 Å². The number of nitrogens with one attached hydrogen (secondary N) is 2. The van der Waals surface area contributed by atoms with E-state index in [4.69, 9.17) is 0 Å². The van der Waals surface area contributed by atoms with Crippen LogP contribution >= 0.6 is 0 Å². The predicted octanol–water partition coefficient (Wildman–Crippen LogP) is 4.00. The van der Waals surface area contributed by atoms with E-state index in [-0.39, 0.29) is 24.4 Å². The minimum Gasteiger partial charge on any atom is -0.346 e. The summed E-state index contributed by atoms with van der Waals surface area (Å²) >= 11 is 0. The maximum Gasteiger partial charge on any atom is 0.243 e. The number of carbonyl (C=O) groups is 2. The molecule has 0 saturated carbocycles. The molecule has 2 rings (SSSR count). The molecular weight excluding hydrogens is 362 g/mol. The summed E-state index contributed by atoms with van der Waals surface area (Å²) in [5.41, 5.74) is 5.27. The molecule has 0 aliphatic rings. The molecule has 0 radical (unpaired) electrons. The molecule has 0 spiro atoms. The Kier molecular flexibility index (Phi) is 7.97. The maximum absolute atomic E-state index is 12.5. The lowest BCUT2D eigenvalue weighted by Crippen LogP contribution is -2.45. The van der Waals surface area contributed by atoms with Gasteiger partial charge in [-0.05, 0) is 56.0 Å². The summed E-state index contributed by atoms with van der Waals surface area (Å²) in [6.07, 6.45) is 0. The number of amides is 2. The van der Waals surface area contributed by atoms with Gasteiger partial charge in [0.2, 0.25) is 11.8 Å². The fourth-order valence-corrected chi connectivity index (χ4v) is 3.14. The number of benzene rings is 2. The highest BCUT2D eigenvalue weighted by atomic mass is 16.2. The Balaban J connectivity index is 1.85. The first-order valence-electron chi connectivity index (χ1n) is 10.1. The van der Waals surface area contributed by atoms with Crippen LogP contribution in [0.2, 0.25) is 0 Å². The molecule has 5 heteroatoms. The van der Waals surface area contributed by atoms with Gasteiger partial charge in [-0.25, -0.2) is 0 Å². The largest absolute Gasteiger partial charge is 0.346 e. The van der Waals surface area contributed by atoms with Crippen LogP contribution in [0.25, 0.3) is 0 Å². The molecule has 0 aliphatic heterocycles. The molecule has 1 unspecified atom stereocenters. The summed E-state index contributed by atoms with van der Waals surface area (Å²) < 4.78 is 0. The number of aryl methyl sites for hydroxylation is 2. The zero-order chi connectivity index (χ0) is 21.6. The standard InChI is InChI=1S/C24H33N3O2/c1-16(2)21-12-10-20(11-13-21)15-27(6)19(5)24(29)25-14-22(28)26-23-17(3)8-7-9-18(23)4/h7-13,16,19H,14-15H2,1-6H3,(H,25,29)(H,26,28). The number of anilines is 1. The van der Waals surface area contributed by atoms with Gasteiger partial charge in [0.1, 0.15) is 0 Å². The van der Waals surface area contributed by atoms with Crippen LogP contribution in [0.3, 0.4) is 0 Å². The summed E-state index contributed by atoms with van der Waals surface area (Å²) in [6, 6.07) is 14.0. The van der Waals surface area contributed by atoms with Crippen molar-refractivity contribution in [3.8, 4) is 0 Å². The van der Waals surface area contributed by atoms with Crippen LogP contribution in [0.15, 0.2) is 42.5 Å². The lowest BCUT2D eigenvalue weighted by atomic mass is 10.0. The highest BCUT2D eigenvalue weighted by molar-refractivity contribution is 5.96. The minimum atomic E-state index is -0.340. The topological polar surface area (TPSA) is 61.4 Å². The predicted molar refractivity (Wildman–Crippen MR) is 119 cm³/mol. The monoisotopic (exact) mass is 395 g/mol. The van der Waals surface area contributed by atoms with Gasteiger partial charge in [0.25, 0.3) is 0 Å². The second kappa shape index (κ2) is 10.2. The fraction of sp³-hybridized carbons (Fsp3) is 0.417. The van der Waals surface area contributed by atoms with E-state index in [1.807, 2.05) is 50.9 Å². The number of rotatable bonds is 8. The first-order valence-corrected chi connectivity index (χ1v) is 10.1. The van der Waals surface area contributed by atoms with Gasteiger partial charge in [-0.15, -0.1) is 0 Å². The van der Waals surface area contributed by atoms with Gasteiger partial charge in [-0.1, -0.05) is 56.3 Å². The summed E-state index contributed by atoms with van der Waals surface area (Å²) in [5.74, 6) is 0.110. The van der Waals surface area contributed by atoms with Crippen LogP contribution in [0.5, 0.6) is 0 Å². The van der Waals surface area contributed by atoms with Gasteiger partial charge in [-0.2, -0.15) is 0 Å². The summed E-state index contributed by atoms with van der Waals surface area (Å²) in [7, 11) is 1.91. The molecule has 0 saturated heterocycles. The quantitative estimate of drug-likeness (QED) is 0.710. The number of hydrogen-bond donors (Lipinski definition) is 2. The van der Waals surface area contributed by atoms with Crippen LogP contribution in [-0.2, 0) is 16.1 Å². The van der Waals surface area contributed by atoms with E-state index in [0.29, 0.717) is 12.5 Å². The van der Waals surface area contributed by atoms with Crippen molar-refractivity contribution in [2.45, 2.75) is 53.1 Å². The van der Waals surface area contributed by atoms with Crippen molar-refractivity contribution in [2.75, 3.05) is 18.9 Å². The molecule has 0 heterocycles. The Labute approximate surface area is 174 Å². The van der Waals surface area contributed by atoms with E-state index in [1.54, 1.807) is 0 Å². The van der Waals surface area contributed by atoms with E-state index < -0.39 is 0 Å². The van der Waals surface area contributed by atoms with Crippen molar-refractivity contribution in [3.05, 3.63) is 64.7 Å². The molecule has 0 aromatic heterocycles. The minimum absolute atomic E-state index is 0.0477. The second-order valence-electron chi connectivity index (χ2n) is 8.02. The Morgan fingerprint density at radius 2 is 1.55 bits per heavy atom. The van der Waals surface area contributed by atoms with Gasteiger partial charge >= 0.3 is 0 Å². The number of carbonyl (C=O) groups excluding carboxylic acids is 2. The van der Waals surface area contributed by atoms with E-state index in [0.717, 1.165) is 22.4 Å². The first kappa shape index (κ1) is 22.6. The Morgan fingerprint density at radius 3 is 2.10 bits per heavy atom. The molecule has 0 fully saturated rings. The van der Waals surface area contributed by atoms with Gasteiger partial charge in [0.15, 0.2) is 0 Å². The van der Waals surface area contributed by atoms with Crippen LogP contribution < -0.4 is 10.6 Å². The lowest BCUT2D eigenvalue weighted by Gasteiger charge is -2.24. The van der Waals surface area contributed by atoms with E-state index >= 15 is 0 Å². The molecule has 0 aliphatic carbocycles. The molecule has 1 atom stereocenters. The van der Waals surface area contributed by atoms with E-state index in [9.17, 15) is 9.59 Å². The van der Waals surface area contributed by atoms with Gasteiger partial charge in [-0.3, -0.25) is 14.5 Å². The van der Waals surface area contributed by atoms with Crippen molar-refractivity contribution in [3.63, 3.8) is 0 Å². The third kappa shape index (κ3) is 6.43. The smallest absolute Gasteiger partial charge is 0.243 e. The average Bonchev–Trinajstić information content (AvgIpc) is 2.68. The van der Waals surface area contributed by atoms with Crippen molar-refractivity contribution in [2.24, 2.45) is 0 Å². The van der Waals surface area contributed by atoms with Crippen molar-refractivity contribution >= 4 is 17.5 Å². The molecule has 0 bridgehead atoms. The Hall–Kier alpha value is -2.66. The Bertz CT molecular complexity index is 823. The average molecular weight is 396 g/mol. The number of nitrogens with zero attached hydrogens (tertiary/aromatic N) is 1. The zero-order valence-electron chi connectivity index (χ0n) is 18.4. The highest BCUT2D eigenvalue weighted by Crippen LogP contribution is 2.19. The van der Waals surface area contributed by atoms with E-state index in [1.165, 1.54) is 5.56 Å². The second-order valence-corrected chi connectivity index (χ2v) is 8.02. The molecule has 2 amide bonds. The molecule has 2 N–H and O–H groups in total. The summed E-state index contributed by atoms with van der Waals surface area (Å²) in [4.78, 5) is 26.7. The number of likely N-dealkylation sites (N-methyl/N-ethyl adjacent to an activating group) is 1. The van der Waals surface area contributed by atoms with Crippen LogP contribution in [0.1, 0.15) is 48.9 Å². The summed E-state index contributed by atoms with van der Waals surface area (Å²) in [5, 5.41) is 5.63. The highest BCUT2D eigenvalue weighted by Gasteiger charge is 2.19. The SMILES string of the molecule is Cc1cccc(C)c1NC(=O)CNC(=O)C(C)N(C)Cc1ccc(C(C)C)cc1. The maximum atomic E-state index is 12.5. The normalized spacial score (nSPS) is 12.1. The van der Waals surface area contributed by atoms with Gasteiger partial charge in [0, 0.05) is 12.2 Å². The van der Waals surface area contributed by atoms with Crippen LogP contribution in [0.4, 0.5) is 5.69 Å². The molecule has 5 nitrogen and oxygen atoms in total. The first-order chi connectivity index (χ1) is 13.7. The number of hydrogen-bond acceptors (Lipinski definition) is 3. The number of para-hydroxylation sites is 1. The van der Waals surface area contributed by atoms with Crippen molar-refractivity contribution < 1.29 is 9.59 Å². The zero-order valence-corrected chi connectivity index (χ0v) is 18.4. The van der Waals surface area contributed by atoms with E-state index in [2.05, 4.69) is 48.7 Å². The lowest BCUT2D eigenvalue weighted by molar-refractivity contribution is -0.127. The molecule has 156 valence electrons.